The van der Waals surface area contributed by atoms with Crippen molar-refractivity contribution in [3.63, 3.8) is 0 Å². The van der Waals surface area contributed by atoms with E-state index >= 15 is 0 Å². The fourth-order valence-corrected chi connectivity index (χ4v) is 4.72. The fraction of sp³-hybridized carbons (Fsp3) is 0.533. The maximum atomic E-state index is 12.5. The standard InChI is InChI=1S/C15H19NO4S/c1-16(13-6-8-21(18,19)10-13)15(17)12-4-5-14-11(9-12)3-2-7-20-14/h4-5,9,13H,2-3,6-8,10H2,1H3. The Bertz CT molecular complexity index is 668. The van der Waals surface area contributed by atoms with Gasteiger partial charge in [0.1, 0.15) is 5.75 Å². The van der Waals surface area contributed by atoms with Gasteiger partial charge in [-0.15, -0.1) is 0 Å². The molecule has 5 nitrogen and oxygen atoms in total. The van der Waals surface area contributed by atoms with Crippen molar-refractivity contribution in [1.82, 2.24) is 4.90 Å². The van der Waals surface area contributed by atoms with Crippen LogP contribution in [0.25, 0.3) is 0 Å². The third-order valence-electron chi connectivity index (χ3n) is 4.23. The predicted octanol–water partition coefficient (Wildman–Crippen LogP) is 1.27. The summed E-state index contributed by atoms with van der Waals surface area (Å²) in [5, 5.41) is 0. The highest BCUT2D eigenvalue weighted by Crippen LogP contribution is 2.26. The fourth-order valence-electron chi connectivity index (χ4n) is 2.94. The number of aryl methyl sites for hydroxylation is 1. The zero-order chi connectivity index (χ0) is 15.0. The molecular weight excluding hydrogens is 290 g/mol. The summed E-state index contributed by atoms with van der Waals surface area (Å²) >= 11 is 0. The first-order chi connectivity index (χ1) is 9.96. The number of benzene rings is 1. The number of hydrogen-bond donors (Lipinski definition) is 0. The molecule has 1 saturated heterocycles. The summed E-state index contributed by atoms with van der Waals surface area (Å²) in [7, 11) is -1.30. The third-order valence-corrected chi connectivity index (χ3v) is 5.98. The van der Waals surface area contributed by atoms with Crippen molar-refractivity contribution in [2.45, 2.75) is 25.3 Å². The van der Waals surface area contributed by atoms with Crippen LogP contribution in [0.2, 0.25) is 0 Å². The number of rotatable bonds is 2. The summed E-state index contributed by atoms with van der Waals surface area (Å²) < 4.78 is 28.6. The van der Waals surface area contributed by atoms with Gasteiger partial charge in [-0.1, -0.05) is 0 Å². The minimum absolute atomic E-state index is 0.0727. The molecule has 1 aromatic carbocycles. The van der Waals surface area contributed by atoms with Gasteiger partial charge in [0.05, 0.1) is 18.1 Å². The smallest absolute Gasteiger partial charge is 0.253 e. The maximum Gasteiger partial charge on any atom is 0.253 e. The Morgan fingerprint density at radius 1 is 1.38 bits per heavy atom. The molecule has 1 amide bonds. The first-order valence-electron chi connectivity index (χ1n) is 7.19. The van der Waals surface area contributed by atoms with E-state index in [0.29, 0.717) is 12.0 Å². The average Bonchev–Trinajstić information content (AvgIpc) is 2.85. The lowest BCUT2D eigenvalue weighted by atomic mass is 10.0. The molecule has 0 aromatic heterocycles. The van der Waals surface area contributed by atoms with Crippen LogP contribution in [0.5, 0.6) is 5.75 Å². The second-order valence-electron chi connectivity index (χ2n) is 5.75. The van der Waals surface area contributed by atoms with E-state index in [1.54, 1.807) is 18.0 Å². The van der Waals surface area contributed by atoms with E-state index in [1.165, 1.54) is 0 Å². The Morgan fingerprint density at radius 3 is 2.90 bits per heavy atom. The Kier molecular flexibility index (Phi) is 3.65. The van der Waals surface area contributed by atoms with Crippen LogP contribution in [0.1, 0.15) is 28.8 Å². The van der Waals surface area contributed by atoms with Crippen molar-refractivity contribution in [2.75, 3.05) is 25.2 Å². The number of carbonyl (C=O) groups is 1. The molecular formula is C15H19NO4S. The quantitative estimate of drug-likeness (QED) is 0.825. The molecule has 6 heteroatoms. The zero-order valence-electron chi connectivity index (χ0n) is 12.0. The minimum atomic E-state index is -2.98. The van der Waals surface area contributed by atoms with E-state index in [4.69, 9.17) is 4.74 Å². The number of amides is 1. The monoisotopic (exact) mass is 309 g/mol. The first-order valence-corrected chi connectivity index (χ1v) is 9.02. The SMILES string of the molecule is CN(C(=O)c1ccc2c(c1)CCCO2)C1CCS(=O)(=O)C1. The van der Waals surface area contributed by atoms with Gasteiger partial charge in [0.25, 0.3) is 5.91 Å². The van der Waals surface area contributed by atoms with E-state index in [0.717, 1.165) is 30.8 Å². The van der Waals surface area contributed by atoms with Crippen LogP contribution in [0.15, 0.2) is 18.2 Å². The Morgan fingerprint density at radius 2 is 2.19 bits per heavy atom. The minimum Gasteiger partial charge on any atom is -0.493 e. The Hall–Kier alpha value is -1.56. The summed E-state index contributed by atoms with van der Waals surface area (Å²) in [5.74, 6) is 0.978. The molecule has 1 atom stereocenters. The first kappa shape index (κ1) is 14.4. The Balaban J connectivity index is 1.79. The van der Waals surface area contributed by atoms with Gasteiger partial charge in [-0.25, -0.2) is 8.42 Å². The summed E-state index contributed by atoms with van der Waals surface area (Å²) in [6.07, 6.45) is 2.40. The lowest BCUT2D eigenvalue weighted by Gasteiger charge is -2.24. The third kappa shape index (κ3) is 2.90. The van der Waals surface area contributed by atoms with E-state index in [-0.39, 0.29) is 23.5 Å². The van der Waals surface area contributed by atoms with Gasteiger partial charge in [0.15, 0.2) is 9.84 Å². The van der Waals surface area contributed by atoms with Crippen LogP contribution in [-0.2, 0) is 16.3 Å². The molecule has 2 aliphatic rings. The molecule has 1 fully saturated rings. The molecule has 21 heavy (non-hydrogen) atoms. The highest BCUT2D eigenvalue weighted by molar-refractivity contribution is 7.91. The van der Waals surface area contributed by atoms with Gasteiger partial charge in [-0.05, 0) is 43.0 Å². The number of ether oxygens (including phenoxy) is 1. The lowest BCUT2D eigenvalue weighted by molar-refractivity contribution is 0.0747. The van der Waals surface area contributed by atoms with Gasteiger partial charge in [-0.3, -0.25) is 4.79 Å². The molecule has 3 rings (SSSR count). The lowest BCUT2D eigenvalue weighted by Crippen LogP contribution is -2.37. The summed E-state index contributed by atoms with van der Waals surface area (Å²) in [4.78, 5) is 14.1. The average molecular weight is 309 g/mol. The van der Waals surface area contributed by atoms with Gasteiger partial charge in [-0.2, -0.15) is 0 Å². The summed E-state index contributed by atoms with van der Waals surface area (Å²) in [5.41, 5.74) is 1.66. The predicted molar refractivity (Wildman–Crippen MR) is 79.4 cm³/mol. The largest absolute Gasteiger partial charge is 0.493 e. The van der Waals surface area contributed by atoms with Gasteiger partial charge in [0.2, 0.25) is 0 Å². The van der Waals surface area contributed by atoms with Crippen molar-refractivity contribution in [3.05, 3.63) is 29.3 Å². The number of fused-ring (bicyclic) bond motifs is 1. The van der Waals surface area contributed by atoms with Crippen molar-refractivity contribution in [1.29, 1.82) is 0 Å². The van der Waals surface area contributed by atoms with Crippen LogP contribution < -0.4 is 4.74 Å². The summed E-state index contributed by atoms with van der Waals surface area (Å²) in [6.45, 7) is 0.722. The molecule has 0 aliphatic carbocycles. The Labute approximate surface area is 124 Å². The van der Waals surface area contributed by atoms with Crippen LogP contribution in [0.4, 0.5) is 0 Å². The van der Waals surface area contributed by atoms with Crippen LogP contribution in [0.3, 0.4) is 0 Å². The van der Waals surface area contributed by atoms with E-state index < -0.39 is 9.84 Å². The van der Waals surface area contributed by atoms with Gasteiger partial charge in [0, 0.05) is 18.7 Å². The molecule has 0 bridgehead atoms. The van der Waals surface area contributed by atoms with E-state index in [2.05, 4.69) is 0 Å². The van der Waals surface area contributed by atoms with Gasteiger partial charge >= 0.3 is 0 Å². The second kappa shape index (κ2) is 5.33. The highest BCUT2D eigenvalue weighted by atomic mass is 32.2. The van der Waals surface area contributed by atoms with E-state index in [9.17, 15) is 13.2 Å². The van der Waals surface area contributed by atoms with E-state index in [1.807, 2.05) is 12.1 Å². The second-order valence-corrected chi connectivity index (χ2v) is 7.98. The normalized spacial score (nSPS) is 23.2. The molecule has 1 aromatic rings. The maximum absolute atomic E-state index is 12.5. The summed E-state index contributed by atoms with van der Waals surface area (Å²) in [6, 6.07) is 5.25. The van der Waals surface area contributed by atoms with Crippen LogP contribution in [-0.4, -0.2) is 50.4 Å². The zero-order valence-corrected chi connectivity index (χ0v) is 12.9. The van der Waals surface area contributed by atoms with Crippen molar-refractivity contribution < 1.29 is 17.9 Å². The van der Waals surface area contributed by atoms with Crippen LogP contribution in [0, 0.1) is 0 Å². The van der Waals surface area contributed by atoms with Crippen molar-refractivity contribution >= 4 is 15.7 Å². The number of sulfone groups is 1. The topological polar surface area (TPSA) is 63.7 Å². The van der Waals surface area contributed by atoms with Crippen molar-refractivity contribution in [3.8, 4) is 5.75 Å². The highest BCUT2D eigenvalue weighted by Gasteiger charge is 2.33. The molecule has 0 saturated carbocycles. The van der Waals surface area contributed by atoms with Crippen molar-refractivity contribution in [2.24, 2.45) is 0 Å². The molecule has 2 aliphatic heterocycles. The number of nitrogens with zero attached hydrogens (tertiary/aromatic N) is 1. The molecule has 2 heterocycles. The molecule has 0 spiro atoms. The van der Waals surface area contributed by atoms with Gasteiger partial charge < -0.3 is 9.64 Å². The number of hydrogen-bond acceptors (Lipinski definition) is 4. The molecule has 114 valence electrons. The van der Waals surface area contributed by atoms with Crippen LogP contribution >= 0.6 is 0 Å². The molecule has 1 unspecified atom stereocenters. The number of carbonyl (C=O) groups excluding carboxylic acids is 1. The molecule has 0 radical (unpaired) electrons. The molecule has 0 N–H and O–H groups in total.